The van der Waals surface area contributed by atoms with Gasteiger partial charge in [0.05, 0.1) is 10.6 Å². The van der Waals surface area contributed by atoms with Crippen LogP contribution in [-0.2, 0) is 6.54 Å². The number of aromatic nitrogens is 3. The van der Waals surface area contributed by atoms with E-state index in [4.69, 9.17) is 23.8 Å². The fourth-order valence-corrected chi connectivity index (χ4v) is 2.02. The van der Waals surface area contributed by atoms with Crippen molar-refractivity contribution in [2.45, 2.75) is 19.9 Å². The molecule has 0 aliphatic rings. The molecule has 1 N–H and O–H groups in total. The number of rotatable bonds is 3. The zero-order chi connectivity index (χ0) is 13.3. The van der Waals surface area contributed by atoms with Gasteiger partial charge in [-0.3, -0.25) is 5.10 Å². The van der Waals surface area contributed by atoms with Gasteiger partial charge in [-0.15, -0.1) is 0 Å². The normalized spacial score (nSPS) is 10.9. The molecule has 96 valence electrons. The first-order chi connectivity index (χ1) is 8.54. The van der Waals surface area contributed by atoms with E-state index in [1.807, 2.05) is 6.92 Å². The molecule has 0 unspecified atom stereocenters. The first-order valence-corrected chi connectivity index (χ1v) is 6.13. The zero-order valence-corrected chi connectivity index (χ0v) is 11.1. The van der Waals surface area contributed by atoms with Crippen molar-refractivity contribution in [1.82, 2.24) is 14.8 Å². The largest absolute Gasteiger partial charge is 0.300 e. The van der Waals surface area contributed by atoms with Crippen molar-refractivity contribution >= 4 is 23.8 Å². The monoisotopic (exact) mass is 289 g/mol. The van der Waals surface area contributed by atoms with Crippen LogP contribution in [0.5, 0.6) is 0 Å². The van der Waals surface area contributed by atoms with Gasteiger partial charge in [0.25, 0.3) is 0 Å². The lowest BCUT2D eigenvalue weighted by Gasteiger charge is -2.07. The third-order valence-electron chi connectivity index (χ3n) is 2.46. The van der Waals surface area contributed by atoms with Crippen LogP contribution in [-0.4, -0.2) is 14.8 Å². The molecule has 2 rings (SSSR count). The van der Waals surface area contributed by atoms with Crippen LogP contribution >= 0.6 is 23.8 Å². The number of halogens is 3. The van der Waals surface area contributed by atoms with Crippen molar-refractivity contribution < 1.29 is 8.78 Å². The van der Waals surface area contributed by atoms with Crippen molar-refractivity contribution in [1.29, 1.82) is 0 Å². The lowest BCUT2D eigenvalue weighted by molar-refractivity contribution is 0.599. The molecule has 0 aliphatic heterocycles. The molecule has 0 aliphatic carbocycles. The number of nitrogens with zero attached hydrogens (tertiary/aromatic N) is 2. The Hall–Kier alpha value is -1.27. The van der Waals surface area contributed by atoms with Crippen LogP contribution in [0.2, 0.25) is 5.02 Å². The lowest BCUT2D eigenvalue weighted by atomic mass is 10.2. The van der Waals surface area contributed by atoms with E-state index in [2.05, 4.69) is 10.2 Å². The SMILES string of the molecule is CCCn1c(-c2cc(F)c(Cl)cc2F)n[nH]c1=S. The Morgan fingerprint density at radius 3 is 2.78 bits per heavy atom. The Morgan fingerprint density at radius 2 is 2.11 bits per heavy atom. The van der Waals surface area contributed by atoms with E-state index in [0.29, 0.717) is 11.3 Å². The van der Waals surface area contributed by atoms with Gasteiger partial charge in [-0.1, -0.05) is 18.5 Å². The van der Waals surface area contributed by atoms with E-state index >= 15 is 0 Å². The van der Waals surface area contributed by atoms with Crippen LogP contribution in [0.3, 0.4) is 0 Å². The summed E-state index contributed by atoms with van der Waals surface area (Å²) in [7, 11) is 0. The molecule has 2 aromatic rings. The lowest BCUT2D eigenvalue weighted by Crippen LogP contribution is -2.01. The van der Waals surface area contributed by atoms with Gasteiger partial charge < -0.3 is 4.57 Å². The summed E-state index contributed by atoms with van der Waals surface area (Å²) in [5.41, 5.74) is 0.0395. The van der Waals surface area contributed by atoms with Crippen LogP contribution < -0.4 is 0 Å². The van der Waals surface area contributed by atoms with E-state index in [-0.39, 0.29) is 16.4 Å². The topological polar surface area (TPSA) is 33.6 Å². The Balaban J connectivity index is 2.62. The third kappa shape index (κ3) is 2.30. The van der Waals surface area contributed by atoms with Gasteiger partial charge >= 0.3 is 0 Å². The van der Waals surface area contributed by atoms with Gasteiger partial charge in [-0.2, -0.15) is 5.10 Å². The number of aromatic amines is 1. The number of H-pyrrole nitrogens is 1. The predicted octanol–water partition coefficient (Wildman–Crippen LogP) is 3.95. The Morgan fingerprint density at radius 1 is 1.39 bits per heavy atom. The van der Waals surface area contributed by atoms with E-state index in [0.717, 1.165) is 18.6 Å². The second-order valence-corrected chi connectivity index (χ2v) is 4.54. The van der Waals surface area contributed by atoms with Gasteiger partial charge in [0.2, 0.25) is 0 Å². The molecule has 0 bridgehead atoms. The van der Waals surface area contributed by atoms with E-state index < -0.39 is 11.6 Å². The Labute approximate surface area is 112 Å². The van der Waals surface area contributed by atoms with E-state index in [1.54, 1.807) is 4.57 Å². The van der Waals surface area contributed by atoms with Crippen LogP contribution in [0.15, 0.2) is 12.1 Å². The molecule has 18 heavy (non-hydrogen) atoms. The highest BCUT2D eigenvalue weighted by atomic mass is 35.5. The first-order valence-electron chi connectivity index (χ1n) is 5.34. The molecule has 0 saturated carbocycles. The minimum atomic E-state index is -0.690. The van der Waals surface area contributed by atoms with Crippen molar-refractivity contribution in [2.24, 2.45) is 0 Å². The summed E-state index contributed by atoms with van der Waals surface area (Å²) in [6.07, 6.45) is 0.804. The molecular weight excluding hydrogens is 280 g/mol. The maximum absolute atomic E-state index is 13.8. The summed E-state index contributed by atoms with van der Waals surface area (Å²) >= 11 is 10.6. The molecule has 1 aromatic heterocycles. The van der Waals surface area contributed by atoms with Crippen LogP contribution in [0.4, 0.5) is 8.78 Å². The fourth-order valence-electron chi connectivity index (χ4n) is 1.65. The Kier molecular flexibility index (Phi) is 3.77. The number of benzene rings is 1. The maximum atomic E-state index is 13.8. The second kappa shape index (κ2) is 5.16. The van der Waals surface area contributed by atoms with Crippen LogP contribution in [0, 0.1) is 16.4 Å². The van der Waals surface area contributed by atoms with E-state index in [9.17, 15) is 8.78 Å². The Bertz CT molecular complexity index is 636. The highest BCUT2D eigenvalue weighted by Gasteiger charge is 2.15. The quantitative estimate of drug-likeness (QED) is 0.686. The summed E-state index contributed by atoms with van der Waals surface area (Å²) in [4.78, 5) is 0. The average Bonchev–Trinajstić information content (AvgIpc) is 2.67. The molecule has 7 heteroatoms. The molecule has 0 fully saturated rings. The molecular formula is C11H10ClF2N3S. The van der Waals surface area contributed by atoms with Crippen molar-refractivity contribution in [3.05, 3.63) is 33.6 Å². The summed E-state index contributed by atoms with van der Waals surface area (Å²) in [6, 6.07) is 1.95. The molecule has 0 saturated heterocycles. The van der Waals surface area contributed by atoms with Gasteiger partial charge in [0.1, 0.15) is 11.6 Å². The molecule has 0 amide bonds. The van der Waals surface area contributed by atoms with Crippen molar-refractivity contribution in [2.75, 3.05) is 0 Å². The number of hydrogen-bond acceptors (Lipinski definition) is 2. The first kappa shape index (κ1) is 13.2. The number of nitrogens with one attached hydrogen (secondary N) is 1. The van der Waals surface area contributed by atoms with E-state index in [1.165, 1.54) is 0 Å². The standard InChI is InChI=1S/C11H10ClF2N3S/c1-2-3-17-10(15-16-11(17)18)6-4-9(14)7(12)5-8(6)13/h4-5H,2-3H2,1H3,(H,16,18). The summed E-state index contributed by atoms with van der Waals surface area (Å²) < 4.78 is 29.2. The fraction of sp³-hybridized carbons (Fsp3) is 0.273. The minimum Gasteiger partial charge on any atom is -0.300 e. The number of hydrogen-bond donors (Lipinski definition) is 1. The predicted molar refractivity (Wildman–Crippen MR) is 68.1 cm³/mol. The second-order valence-electron chi connectivity index (χ2n) is 3.75. The maximum Gasteiger partial charge on any atom is 0.195 e. The van der Waals surface area contributed by atoms with Crippen molar-refractivity contribution in [3.63, 3.8) is 0 Å². The summed E-state index contributed by atoms with van der Waals surface area (Å²) in [5, 5.41) is 6.25. The van der Waals surface area contributed by atoms with Crippen molar-refractivity contribution in [3.8, 4) is 11.4 Å². The van der Waals surface area contributed by atoms with Gasteiger partial charge in [-0.05, 0) is 30.8 Å². The van der Waals surface area contributed by atoms with Crippen LogP contribution in [0.1, 0.15) is 13.3 Å². The molecule has 1 heterocycles. The molecule has 3 nitrogen and oxygen atoms in total. The molecule has 0 spiro atoms. The zero-order valence-electron chi connectivity index (χ0n) is 9.51. The van der Waals surface area contributed by atoms with Gasteiger partial charge in [-0.25, -0.2) is 8.78 Å². The summed E-state index contributed by atoms with van der Waals surface area (Å²) in [5.74, 6) is -1.05. The van der Waals surface area contributed by atoms with Gasteiger partial charge in [0.15, 0.2) is 10.6 Å². The molecule has 0 atom stereocenters. The molecule has 0 radical (unpaired) electrons. The summed E-state index contributed by atoms with van der Waals surface area (Å²) in [6.45, 7) is 2.53. The van der Waals surface area contributed by atoms with Crippen LogP contribution in [0.25, 0.3) is 11.4 Å². The van der Waals surface area contributed by atoms with Gasteiger partial charge in [0, 0.05) is 6.54 Å². The smallest absolute Gasteiger partial charge is 0.195 e. The highest BCUT2D eigenvalue weighted by molar-refractivity contribution is 7.71. The third-order valence-corrected chi connectivity index (χ3v) is 3.06. The minimum absolute atomic E-state index is 0.0395. The average molecular weight is 290 g/mol. The highest BCUT2D eigenvalue weighted by Crippen LogP contribution is 2.26. The molecule has 1 aromatic carbocycles.